The second-order valence-corrected chi connectivity index (χ2v) is 7.94. The van der Waals surface area contributed by atoms with E-state index in [1.54, 1.807) is 18.5 Å². The Labute approximate surface area is 165 Å². The number of hydrogen-bond donors (Lipinski definition) is 3. The molecular formula is C19H20ClFN6O. The van der Waals surface area contributed by atoms with Crippen LogP contribution in [0.5, 0.6) is 0 Å². The number of aromatic amines is 1. The number of nitrogens with zero attached hydrogens (tertiary/aromatic N) is 3. The normalized spacial score (nSPS) is 22.3. The van der Waals surface area contributed by atoms with E-state index in [2.05, 4.69) is 25.3 Å². The zero-order valence-corrected chi connectivity index (χ0v) is 16.1. The fourth-order valence-corrected chi connectivity index (χ4v) is 3.95. The van der Waals surface area contributed by atoms with Gasteiger partial charge in [0.25, 0.3) is 0 Å². The van der Waals surface area contributed by atoms with Crippen molar-refractivity contribution in [3.8, 4) is 11.4 Å². The summed E-state index contributed by atoms with van der Waals surface area (Å²) in [7, 11) is 0. The number of carbonyl (C=O) groups excluding carboxylic acids is 1. The number of pyridine rings is 1. The Morgan fingerprint density at radius 2 is 2.25 bits per heavy atom. The van der Waals surface area contributed by atoms with Gasteiger partial charge in [-0.1, -0.05) is 24.9 Å². The third kappa shape index (κ3) is 3.40. The average Bonchev–Trinajstić information content (AvgIpc) is 3.06. The Bertz CT molecular complexity index is 1050. The average molecular weight is 403 g/mol. The first-order chi connectivity index (χ1) is 13.4. The van der Waals surface area contributed by atoms with Crippen molar-refractivity contribution in [2.45, 2.75) is 38.6 Å². The molecule has 1 aliphatic rings. The summed E-state index contributed by atoms with van der Waals surface area (Å²) in [6.45, 7) is 1.85. The lowest BCUT2D eigenvalue weighted by Gasteiger charge is -2.36. The highest BCUT2D eigenvalue weighted by Gasteiger charge is 2.37. The van der Waals surface area contributed by atoms with Gasteiger partial charge in [-0.25, -0.2) is 19.3 Å². The number of nitrogens with one attached hydrogen (secondary N) is 2. The van der Waals surface area contributed by atoms with Gasteiger partial charge >= 0.3 is 0 Å². The first-order valence-corrected chi connectivity index (χ1v) is 9.45. The fourth-order valence-electron chi connectivity index (χ4n) is 3.79. The van der Waals surface area contributed by atoms with Crippen molar-refractivity contribution < 1.29 is 9.18 Å². The Morgan fingerprint density at radius 1 is 1.43 bits per heavy atom. The van der Waals surface area contributed by atoms with Crippen molar-refractivity contribution in [3.05, 3.63) is 35.5 Å². The molecule has 1 saturated carbocycles. The molecule has 1 aliphatic carbocycles. The second kappa shape index (κ2) is 7.01. The summed E-state index contributed by atoms with van der Waals surface area (Å²) in [5.41, 5.74) is 6.28. The third-order valence-corrected chi connectivity index (χ3v) is 5.60. The van der Waals surface area contributed by atoms with Crippen LogP contribution in [0.2, 0.25) is 5.02 Å². The Morgan fingerprint density at radius 3 is 3.04 bits per heavy atom. The molecule has 1 amide bonds. The summed E-state index contributed by atoms with van der Waals surface area (Å²) in [5.74, 6) is -0.419. The van der Waals surface area contributed by atoms with Crippen molar-refractivity contribution in [1.82, 2.24) is 19.9 Å². The van der Waals surface area contributed by atoms with Crippen molar-refractivity contribution in [2.75, 3.05) is 5.32 Å². The van der Waals surface area contributed by atoms with Gasteiger partial charge in [-0.15, -0.1) is 0 Å². The molecule has 146 valence electrons. The summed E-state index contributed by atoms with van der Waals surface area (Å²) in [6.07, 6.45) is 7.32. The van der Waals surface area contributed by atoms with Crippen LogP contribution in [0.15, 0.2) is 24.7 Å². The maximum absolute atomic E-state index is 14.4. The lowest BCUT2D eigenvalue weighted by molar-refractivity contribution is -0.128. The molecule has 3 heterocycles. The summed E-state index contributed by atoms with van der Waals surface area (Å²) < 4.78 is 14.4. The maximum atomic E-state index is 14.4. The molecule has 1 fully saturated rings. The minimum absolute atomic E-state index is 0.0948. The molecule has 3 aromatic rings. The molecule has 0 aliphatic heterocycles. The number of rotatable bonds is 4. The number of anilines is 1. The smallest absolute Gasteiger partial charge is 0.223 e. The summed E-state index contributed by atoms with van der Waals surface area (Å²) in [4.78, 5) is 27.5. The van der Waals surface area contributed by atoms with Crippen LogP contribution < -0.4 is 11.1 Å². The Hall–Kier alpha value is -2.74. The fraction of sp³-hybridized carbons (Fsp3) is 0.368. The van der Waals surface area contributed by atoms with E-state index in [1.807, 2.05) is 6.92 Å². The SMILES string of the molecule is CC1(C(N)=O)CCCC(Nc2nc(-c3c[nH]c4ncc(Cl)cc34)ncc2F)C1. The van der Waals surface area contributed by atoms with Crippen LogP contribution >= 0.6 is 11.6 Å². The van der Waals surface area contributed by atoms with E-state index in [1.165, 1.54) is 0 Å². The number of primary amides is 1. The van der Waals surface area contributed by atoms with Crippen molar-refractivity contribution in [2.24, 2.45) is 11.1 Å². The van der Waals surface area contributed by atoms with Gasteiger partial charge in [0, 0.05) is 34.8 Å². The highest BCUT2D eigenvalue weighted by atomic mass is 35.5. The molecule has 0 aromatic carbocycles. The minimum Gasteiger partial charge on any atom is -0.369 e. The number of H-pyrrole nitrogens is 1. The third-order valence-electron chi connectivity index (χ3n) is 5.40. The minimum atomic E-state index is -0.596. The van der Waals surface area contributed by atoms with Crippen molar-refractivity contribution in [1.29, 1.82) is 0 Å². The van der Waals surface area contributed by atoms with Crippen LogP contribution in [-0.2, 0) is 4.79 Å². The molecule has 7 nitrogen and oxygen atoms in total. The quantitative estimate of drug-likeness (QED) is 0.617. The van der Waals surface area contributed by atoms with Crippen LogP contribution in [0.4, 0.5) is 10.2 Å². The van der Waals surface area contributed by atoms with Gasteiger partial charge in [0.1, 0.15) is 5.65 Å². The zero-order valence-electron chi connectivity index (χ0n) is 15.3. The number of carbonyl (C=O) groups is 1. The number of nitrogens with two attached hydrogens (primary N) is 1. The largest absolute Gasteiger partial charge is 0.369 e. The topological polar surface area (TPSA) is 110 Å². The maximum Gasteiger partial charge on any atom is 0.223 e. The molecule has 9 heteroatoms. The first-order valence-electron chi connectivity index (χ1n) is 9.08. The highest BCUT2D eigenvalue weighted by molar-refractivity contribution is 6.31. The lowest BCUT2D eigenvalue weighted by atomic mass is 9.73. The molecular weight excluding hydrogens is 383 g/mol. The molecule has 2 unspecified atom stereocenters. The van der Waals surface area contributed by atoms with Gasteiger partial charge in [-0.05, 0) is 25.3 Å². The Kier molecular flexibility index (Phi) is 4.66. The lowest BCUT2D eigenvalue weighted by Crippen LogP contribution is -2.42. The number of amides is 1. The van der Waals surface area contributed by atoms with Crippen LogP contribution in [0, 0.1) is 11.2 Å². The molecule has 28 heavy (non-hydrogen) atoms. The van der Waals surface area contributed by atoms with Gasteiger partial charge in [0.05, 0.1) is 11.2 Å². The van der Waals surface area contributed by atoms with Crippen LogP contribution in [0.1, 0.15) is 32.6 Å². The van der Waals surface area contributed by atoms with Gasteiger partial charge < -0.3 is 16.0 Å². The summed E-state index contributed by atoms with van der Waals surface area (Å²) in [6, 6.07) is 1.66. The van der Waals surface area contributed by atoms with Crippen molar-refractivity contribution in [3.63, 3.8) is 0 Å². The van der Waals surface area contributed by atoms with Gasteiger partial charge in [-0.3, -0.25) is 4.79 Å². The number of fused-ring (bicyclic) bond motifs is 1. The number of aromatic nitrogens is 4. The van der Waals surface area contributed by atoms with E-state index in [4.69, 9.17) is 17.3 Å². The van der Waals surface area contributed by atoms with Crippen molar-refractivity contribution >= 4 is 34.4 Å². The molecule has 0 bridgehead atoms. The van der Waals surface area contributed by atoms with Gasteiger partial charge in [-0.2, -0.15) is 0 Å². The predicted octanol–water partition coefficient (Wildman–Crippen LogP) is 3.66. The van der Waals surface area contributed by atoms with E-state index in [9.17, 15) is 9.18 Å². The number of hydrogen-bond acceptors (Lipinski definition) is 5. The van der Waals surface area contributed by atoms with Crippen LogP contribution in [-0.4, -0.2) is 31.9 Å². The molecule has 0 spiro atoms. The summed E-state index contributed by atoms with van der Waals surface area (Å²) >= 11 is 6.05. The molecule has 2 atom stereocenters. The second-order valence-electron chi connectivity index (χ2n) is 7.50. The van der Waals surface area contributed by atoms with E-state index in [0.29, 0.717) is 28.5 Å². The molecule has 4 rings (SSSR count). The van der Waals surface area contributed by atoms with E-state index < -0.39 is 11.2 Å². The predicted molar refractivity (Wildman–Crippen MR) is 105 cm³/mol. The van der Waals surface area contributed by atoms with Gasteiger partial charge in [0.15, 0.2) is 17.5 Å². The van der Waals surface area contributed by atoms with E-state index in [-0.39, 0.29) is 17.8 Å². The summed E-state index contributed by atoms with van der Waals surface area (Å²) in [5, 5.41) is 4.38. The van der Waals surface area contributed by atoms with E-state index >= 15 is 0 Å². The number of halogens is 2. The molecule has 3 aromatic heterocycles. The van der Waals surface area contributed by atoms with E-state index in [0.717, 1.165) is 30.8 Å². The van der Waals surface area contributed by atoms with Crippen LogP contribution in [0.3, 0.4) is 0 Å². The molecule has 0 saturated heterocycles. The standard InChI is InChI=1S/C19H20ClFN6O/c1-19(18(22)28)4-2-3-11(6-19)26-17-14(21)9-25-16(27-17)13-8-24-15-12(13)5-10(20)7-23-15/h5,7-9,11H,2-4,6H2,1H3,(H2,22,28)(H,23,24)(H,25,26,27). The Balaban J connectivity index is 1.64. The first kappa shape index (κ1) is 18.6. The highest BCUT2D eigenvalue weighted by Crippen LogP contribution is 2.37. The van der Waals surface area contributed by atoms with Gasteiger partial charge in [0.2, 0.25) is 5.91 Å². The molecule has 0 radical (unpaired) electrons. The van der Waals surface area contributed by atoms with Crippen LogP contribution in [0.25, 0.3) is 22.4 Å². The zero-order chi connectivity index (χ0) is 19.9. The molecule has 4 N–H and O–H groups in total. The monoisotopic (exact) mass is 402 g/mol.